The maximum absolute atomic E-state index is 12.1. The Bertz CT molecular complexity index is 381. The maximum atomic E-state index is 12.1. The van der Waals surface area contributed by atoms with E-state index in [0.717, 1.165) is 19.6 Å². The summed E-state index contributed by atoms with van der Waals surface area (Å²) in [6.45, 7) is 12.5. The van der Waals surface area contributed by atoms with E-state index >= 15 is 0 Å². The molecule has 0 bridgehead atoms. The van der Waals surface area contributed by atoms with E-state index in [1.807, 2.05) is 0 Å². The summed E-state index contributed by atoms with van der Waals surface area (Å²) in [5, 5.41) is 4.99. The van der Waals surface area contributed by atoms with Gasteiger partial charge in [0, 0.05) is 19.6 Å². The minimum atomic E-state index is 0.307. The summed E-state index contributed by atoms with van der Waals surface area (Å²) >= 11 is 0. The van der Waals surface area contributed by atoms with Crippen LogP contribution in [0.5, 0.6) is 0 Å². The number of hydrogen-bond acceptors (Lipinski definition) is 3. The van der Waals surface area contributed by atoms with Crippen LogP contribution in [0.1, 0.15) is 163 Å². The number of nitrogens with zero attached hydrogens (tertiary/aromatic N) is 2. The van der Waals surface area contributed by atoms with Crippen LogP contribution in [0.2, 0.25) is 0 Å². The largest absolute Gasteiger partial charge is 0.299 e. The molecule has 0 heterocycles. The second-order valence-electron chi connectivity index (χ2n) is 10.4. The molecule has 33 heavy (non-hydrogen) atoms. The predicted molar refractivity (Wildman–Crippen MR) is 148 cm³/mol. The Morgan fingerprint density at radius 3 is 1.00 bits per heavy atom. The Morgan fingerprint density at radius 1 is 0.424 bits per heavy atom. The van der Waals surface area contributed by atoms with Gasteiger partial charge in [-0.15, -0.1) is 0 Å². The van der Waals surface area contributed by atoms with Crippen LogP contribution in [0.25, 0.3) is 0 Å². The fourth-order valence-corrected chi connectivity index (χ4v) is 4.73. The first kappa shape index (κ1) is 32.6. The molecule has 3 heteroatoms. The highest BCUT2D eigenvalue weighted by atomic mass is 16.1. The minimum Gasteiger partial charge on any atom is -0.299 e. The van der Waals surface area contributed by atoms with Crippen molar-refractivity contribution in [3.05, 3.63) is 0 Å². The first-order valence-electron chi connectivity index (χ1n) is 15.1. The van der Waals surface area contributed by atoms with Crippen molar-refractivity contribution in [3.8, 4) is 0 Å². The van der Waals surface area contributed by atoms with Crippen LogP contribution in [-0.2, 0) is 4.79 Å². The van der Waals surface area contributed by atoms with Crippen LogP contribution in [0, 0.1) is 0 Å². The number of hydrogen-bond donors (Lipinski definition) is 0. The molecule has 0 fully saturated rings. The van der Waals surface area contributed by atoms with Crippen LogP contribution in [0.4, 0.5) is 0 Å². The average Bonchev–Trinajstić information content (AvgIpc) is 2.80. The van der Waals surface area contributed by atoms with Crippen molar-refractivity contribution in [2.45, 2.75) is 163 Å². The van der Waals surface area contributed by atoms with E-state index in [1.165, 1.54) is 135 Å². The van der Waals surface area contributed by atoms with Crippen molar-refractivity contribution in [1.82, 2.24) is 10.0 Å². The lowest BCUT2D eigenvalue weighted by atomic mass is 10.1. The summed E-state index contributed by atoms with van der Waals surface area (Å²) in [5.41, 5.74) is 0. The van der Waals surface area contributed by atoms with Crippen molar-refractivity contribution in [2.24, 2.45) is 0 Å². The summed E-state index contributed by atoms with van der Waals surface area (Å²) in [4.78, 5) is 12.1. The van der Waals surface area contributed by atoms with Crippen LogP contribution < -0.4 is 0 Å². The molecule has 3 nitrogen and oxygen atoms in total. The third kappa shape index (κ3) is 23.1. The molecular weight excluding hydrogens is 404 g/mol. The number of carbonyl (C=O) groups is 1. The molecule has 0 N–H and O–H groups in total. The zero-order valence-electron chi connectivity index (χ0n) is 23.5. The fourth-order valence-electron chi connectivity index (χ4n) is 4.73. The van der Waals surface area contributed by atoms with Crippen molar-refractivity contribution < 1.29 is 4.79 Å². The second kappa shape index (κ2) is 26.2. The molecule has 0 aromatic carbocycles. The van der Waals surface area contributed by atoms with E-state index in [9.17, 15) is 4.79 Å². The predicted octanol–water partition coefficient (Wildman–Crippen LogP) is 9.35. The number of carbonyl (C=O) groups excluding carboxylic acids is 1. The van der Waals surface area contributed by atoms with Gasteiger partial charge in [-0.25, -0.2) is 10.0 Å². The van der Waals surface area contributed by atoms with Crippen molar-refractivity contribution in [2.75, 3.05) is 26.2 Å². The fraction of sp³-hybridized carbons (Fsp3) is 0.967. The normalized spacial score (nSPS) is 11.7. The van der Waals surface area contributed by atoms with Crippen molar-refractivity contribution in [1.29, 1.82) is 0 Å². The van der Waals surface area contributed by atoms with Gasteiger partial charge in [0.05, 0.1) is 6.54 Å². The first-order valence-corrected chi connectivity index (χ1v) is 15.1. The van der Waals surface area contributed by atoms with Crippen LogP contribution in [0.15, 0.2) is 0 Å². The molecule has 0 rings (SSSR count). The average molecular weight is 467 g/mol. The highest BCUT2D eigenvalue weighted by Gasteiger charge is 2.16. The molecule has 0 aromatic rings. The molecule has 0 aromatic heterocycles. The van der Waals surface area contributed by atoms with Gasteiger partial charge in [-0.1, -0.05) is 136 Å². The third-order valence-corrected chi connectivity index (χ3v) is 6.86. The molecule has 0 aliphatic carbocycles. The Hall–Kier alpha value is -0.410. The van der Waals surface area contributed by atoms with Crippen LogP contribution in [-0.4, -0.2) is 42.0 Å². The summed E-state index contributed by atoms with van der Waals surface area (Å²) in [7, 11) is 0. The van der Waals surface area contributed by atoms with Gasteiger partial charge >= 0.3 is 0 Å². The Balaban J connectivity index is 4.50. The van der Waals surface area contributed by atoms with E-state index in [1.54, 1.807) is 6.92 Å². The molecule has 0 aliphatic rings. The molecule has 198 valence electrons. The summed E-state index contributed by atoms with van der Waals surface area (Å²) in [6.07, 6.45) is 28.3. The van der Waals surface area contributed by atoms with Gasteiger partial charge in [-0.2, -0.15) is 0 Å². The van der Waals surface area contributed by atoms with Gasteiger partial charge in [0.1, 0.15) is 5.78 Å². The monoisotopic (exact) mass is 466 g/mol. The van der Waals surface area contributed by atoms with Gasteiger partial charge in [0.15, 0.2) is 0 Å². The molecule has 0 amide bonds. The number of unbranched alkanes of at least 4 members (excludes halogenated alkanes) is 18. The molecule has 0 spiro atoms. The van der Waals surface area contributed by atoms with Gasteiger partial charge in [-0.3, -0.25) is 4.79 Å². The highest BCUT2D eigenvalue weighted by molar-refractivity contribution is 5.77. The van der Waals surface area contributed by atoms with E-state index in [0.29, 0.717) is 12.3 Å². The zero-order chi connectivity index (χ0) is 24.4. The van der Waals surface area contributed by atoms with E-state index in [4.69, 9.17) is 0 Å². The molecule has 0 unspecified atom stereocenters. The molecular formula is C30H62N2O. The number of hydrazine groups is 1. The molecule has 0 aliphatic heterocycles. The quantitative estimate of drug-likeness (QED) is 0.0889. The Morgan fingerprint density at radius 2 is 0.697 bits per heavy atom. The van der Waals surface area contributed by atoms with Crippen LogP contribution >= 0.6 is 0 Å². The molecule has 0 atom stereocenters. The molecule has 0 saturated heterocycles. The standard InChI is InChI=1S/C30H62N2O/c1-5-8-11-14-17-20-23-26-31(27-24-21-18-15-12-9-6-2)32(29-30(4)33)28-25-22-19-16-13-10-7-3/h5-29H2,1-4H3. The smallest absolute Gasteiger partial charge is 0.145 e. The lowest BCUT2D eigenvalue weighted by Crippen LogP contribution is -2.46. The zero-order valence-corrected chi connectivity index (χ0v) is 23.5. The van der Waals surface area contributed by atoms with E-state index in [2.05, 4.69) is 30.8 Å². The first-order chi connectivity index (χ1) is 16.2. The van der Waals surface area contributed by atoms with E-state index in [-0.39, 0.29) is 0 Å². The third-order valence-electron chi connectivity index (χ3n) is 6.86. The topological polar surface area (TPSA) is 23.6 Å². The number of rotatable bonds is 27. The van der Waals surface area contributed by atoms with Crippen molar-refractivity contribution >= 4 is 5.78 Å². The SMILES string of the molecule is CCCCCCCCCN(CCCCCCCCC)N(CCCCCCCCC)CC(C)=O. The summed E-state index contributed by atoms with van der Waals surface area (Å²) in [6, 6.07) is 0. The Kier molecular flexibility index (Phi) is 25.9. The van der Waals surface area contributed by atoms with Crippen molar-refractivity contribution in [3.63, 3.8) is 0 Å². The van der Waals surface area contributed by atoms with Gasteiger partial charge in [0.2, 0.25) is 0 Å². The van der Waals surface area contributed by atoms with E-state index < -0.39 is 0 Å². The summed E-state index contributed by atoms with van der Waals surface area (Å²) < 4.78 is 0. The van der Waals surface area contributed by atoms with Crippen LogP contribution in [0.3, 0.4) is 0 Å². The maximum Gasteiger partial charge on any atom is 0.145 e. The number of ketones is 1. The lowest BCUT2D eigenvalue weighted by Gasteiger charge is -2.35. The van der Waals surface area contributed by atoms with Gasteiger partial charge in [0.25, 0.3) is 0 Å². The Labute approximate surface area is 209 Å². The minimum absolute atomic E-state index is 0.307. The van der Waals surface area contributed by atoms with Gasteiger partial charge in [-0.05, 0) is 26.2 Å². The second-order valence-corrected chi connectivity index (χ2v) is 10.4. The van der Waals surface area contributed by atoms with Gasteiger partial charge < -0.3 is 0 Å². The highest BCUT2D eigenvalue weighted by Crippen LogP contribution is 2.14. The molecule has 0 radical (unpaired) electrons. The summed E-state index contributed by atoms with van der Waals surface area (Å²) in [5.74, 6) is 0.307. The molecule has 0 saturated carbocycles. The number of Topliss-reactive ketones (excluding diaryl/α,β-unsaturated/α-hetero) is 1. The lowest BCUT2D eigenvalue weighted by molar-refractivity contribution is -0.124.